The molecule has 6 amide bonds. The van der Waals surface area contributed by atoms with E-state index in [-0.39, 0.29) is 67.9 Å². The molecule has 11 rings (SSSR count). The summed E-state index contributed by atoms with van der Waals surface area (Å²) in [6.45, 7) is 5.89. The zero-order valence-electron chi connectivity index (χ0n) is 49.5. The first kappa shape index (κ1) is 65.5. The fourth-order valence-corrected chi connectivity index (χ4v) is 15.8. The van der Waals surface area contributed by atoms with Crippen LogP contribution in [0, 0.1) is 12.8 Å². The second kappa shape index (κ2) is 27.3. The number of aromatic nitrogens is 7. The van der Waals surface area contributed by atoms with Gasteiger partial charge >= 0.3 is 5.97 Å². The molecule has 10 bridgehead atoms. The van der Waals surface area contributed by atoms with E-state index >= 15 is 4.79 Å². The minimum atomic E-state index is -1.77. The Hall–Kier alpha value is -8.99. The van der Waals surface area contributed by atoms with Gasteiger partial charge in [0.15, 0.2) is 5.78 Å². The summed E-state index contributed by atoms with van der Waals surface area (Å²) in [5.41, 5.74) is 6.10. The number of phenolic OH excluding ortho intramolecular Hbond substituents is 1. The average Bonchev–Trinajstić information content (AvgIpc) is 1.68. The van der Waals surface area contributed by atoms with Crippen molar-refractivity contribution in [2.75, 3.05) is 6.54 Å². The van der Waals surface area contributed by atoms with Crippen molar-refractivity contribution in [3.05, 3.63) is 147 Å². The molecule has 32 heteroatoms. The molecule has 1 fully saturated rings. The number of phenols is 1. The van der Waals surface area contributed by atoms with E-state index in [1.807, 2.05) is 0 Å². The molecule has 0 unspecified atom stereocenters. The maximum atomic E-state index is 15.2. The molecule has 0 aliphatic carbocycles. The van der Waals surface area contributed by atoms with Crippen LogP contribution in [0.15, 0.2) is 93.6 Å². The third-order valence-corrected chi connectivity index (χ3v) is 20.9. The largest absolute Gasteiger partial charge is 0.508 e. The van der Waals surface area contributed by atoms with E-state index in [0.717, 1.165) is 45.3 Å². The van der Waals surface area contributed by atoms with Crippen molar-refractivity contribution in [1.29, 1.82) is 0 Å². The maximum absolute atomic E-state index is 15.2. The van der Waals surface area contributed by atoms with Crippen LogP contribution < -0.4 is 27.0 Å². The number of ketones is 1. The van der Waals surface area contributed by atoms with Gasteiger partial charge in [-0.15, -0.1) is 68.0 Å². The van der Waals surface area contributed by atoms with E-state index in [2.05, 4.69) is 36.2 Å². The molecule has 7 aromatic heterocycles. The lowest BCUT2D eigenvalue weighted by molar-refractivity contribution is -0.139. The number of aliphatic hydroxyl groups excluding tert-OH is 2. The van der Waals surface area contributed by atoms with Gasteiger partial charge in [-0.2, -0.15) is 0 Å². The number of rotatable bonds is 14. The number of hydrogen-bond donors (Lipinski definition) is 10. The Bertz CT molecular complexity index is 4350. The fourth-order valence-electron chi connectivity index (χ4n) is 10.5. The number of aromatic hydroxyl groups is 1. The van der Waals surface area contributed by atoms with E-state index in [1.165, 1.54) is 69.7 Å². The molecule has 9 aromatic rings. The van der Waals surface area contributed by atoms with E-state index in [4.69, 9.17) is 25.7 Å². The topological polar surface area (TPSA) is 405 Å². The normalized spacial score (nSPS) is 19.4. The van der Waals surface area contributed by atoms with Crippen molar-refractivity contribution < 1.29 is 63.9 Å². The number of pyridine rings is 1. The number of carboxylic acid groups (broad SMARTS) is 1. The number of carbonyl (C=O) groups is 8. The van der Waals surface area contributed by atoms with Gasteiger partial charge in [-0.25, -0.2) is 34.9 Å². The number of aryl methyl sites for hydroxylation is 1. The van der Waals surface area contributed by atoms with Crippen LogP contribution in [-0.4, -0.2) is 143 Å². The van der Waals surface area contributed by atoms with Gasteiger partial charge in [0, 0.05) is 62.6 Å². The van der Waals surface area contributed by atoms with Crippen LogP contribution in [0.2, 0.25) is 0 Å². The lowest BCUT2D eigenvalue weighted by Gasteiger charge is -2.29. The lowest BCUT2D eigenvalue weighted by Crippen LogP contribution is -2.54. The van der Waals surface area contributed by atoms with Crippen LogP contribution in [0.5, 0.6) is 5.75 Å². The van der Waals surface area contributed by atoms with E-state index < -0.39 is 120 Å². The fraction of sp³-hybridized carbons (Fsp3) is 0.295. The Labute approximate surface area is 552 Å². The predicted octanol–water partition coefficient (Wildman–Crippen LogP) is 6.59. The van der Waals surface area contributed by atoms with E-state index in [9.17, 15) is 59.1 Å². The minimum absolute atomic E-state index is 0.0237. The SMILES string of the molecule is Cc1sc2nc1C(=O)N[C@@H]([C@H](O)c1ccccc1)c1nc(cs1)C(=O)N[C@@H](Cc1ccc(O)cc1)C(=O)N1C[C@H](O)[C@H](C)[C@@H]1c1nc(cs1)-c1nc(cs1)-c1nc(-c3nc(C(=O)N[C@H](C(=O)CCC(=O)O)C(C)(C)O)cs3)ccc1-c1nc(cs1)C(=O)N[C@H]2CC(N)=O. The second-order valence-corrected chi connectivity index (χ2v) is 28.1. The summed E-state index contributed by atoms with van der Waals surface area (Å²) in [5, 5.41) is 74.3. The maximum Gasteiger partial charge on any atom is 0.303 e. The molecule has 93 heavy (non-hydrogen) atoms. The van der Waals surface area contributed by atoms with Crippen molar-refractivity contribution in [3.63, 3.8) is 0 Å². The van der Waals surface area contributed by atoms with E-state index in [0.29, 0.717) is 48.0 Å². The van der Waals surface area contributed by atoms with Gasteiger partial charge in [-0.05, 0) is 56.2 Å². The van der Waals surface area contributed by atoms with Gasteiger partial charge < -0.3 is 57.4 Å². The number of aliphatic hydroxyl groups is 3. The van der Waals surface area contributed by atoms with Crippen LogP contribution in [0.1, 0.15) is 137 Å². The first-order valence-electron chi connectivity index (χ1n) is 28.6. The summed E-state index contributed by atoms with van der Waals surface area (Å²) in [6, 6.07) is 11.8. The Morgan fingerprint density at radius 1 is 0.699 bits per heavy atom. The van der Waals surface area contributed by atoms with Gasteiger partial charge in [-0.3, -0.25) is 38.4 Å². The van der Waals surface area contributed by atoms with Crippen molar-refractivity contribution in [1.82, 2.24) is 61.1 Å². The summed E-state index contributed by atoms with van der Waals surface area (Å²) < 4.78 is 0. The molecule has 0 radical (unpaired) electrons. The van der Waals surface area contributed by atoms with Gasteiger partial charge in [0.25, 0.3) is 23.6 Å². The summed E-state index contributed by atoms with van der Waals surface area (Å²) in [5.74, 6) is -6.99. The molecule has 1 saturated heterocycles. The molecule has 0 saturated carbocycles. The highest BCUT2D eigenvalue weighted by Crippen LogP contribution is 2.43. The highest BCUT2D eigenvalue weighted by atomic mass is 32.1. The molecule has 8 atom stereocenters. The molecule has 0 spiro atoms. The number of carbonyl (C=O) groups excluding carboxylic acids is 7. The Balaban J connectivity index is 0.994. The number of carboxylic acids is 1. The number of benzene rings is 2. The Morgan fingerprint density at radius 3 is 2.05 bits per heavy atom. The van der Waals surface area contributed by atoms with Crippen LogP contribution >= 0.6 is 68.0 Å². The molecule has 9 heterocycles. The number of nitrogens with two attached hydrogens (primary N) is 1. The number of aliphatic carboxylic acids is 1. The molecule has 2 aliphatic heterocycles. The number of nitrogens with zero attached hydrogens (tertiary/aromatic N) is 8. The number of fused-ring (bicyclic) bond motifs is 16. The monoisotopic (exact) mass is 1370 g/mol. The average molecular weight is 1370 g/mol. The highest BCUT2D eigenvalue weighted by molar-refractivity contribution is 7.15. The molecule has 480 valence electrons. The first-order valence-corrected chi connectivity index (χ1v) is 33.8. The minimum Gasteiger partial charge on any atom is -0.508 e. The summed E-state index contributed by atoms with van der Waals surface area (Å²) >= 11 is 6.56. The first-order chi connectivity index (χ1) is 44.4. The quantitative estimate of drug-likeness (QED) is 0.0548. The predicted molar refractivity (Wildman–Crippen MR) is 345 cm³/mol. The molecule has 2 aromatic carbocycles. The number of primary amides is 1. The number of Topliss-reactive ketones (excluding diaryl/α,β-unsaturated/α-hetero) is 1. The lowest BCUT2D eigenvalue weighted by atomic mass is 9.92. The van der Waals surface area contributed by atoms with Crippen LogP contribution in [0.3, 0.4) is 0 Å². The smallest absolute Gasteiger partial charge is 0.303 e. The van der Waals surface area contributed by atoms with E-state index in [1.54, 1.807) is 79.2 Å². The summed E-state index contributed by atoms with van der Waals surface area (Å²) in [4.78, 5) is 145. The molecule has 26 nitrogen and oxygen atoms in total. The number of hydrogen-bond acceptors (Lipinski definition) is 25. The summed E-state index contributed by atoms with van der Waals surface area (Å²) in [7, 11) is 0. The summed E-state index contributed by atoms with van der Waals surface area (Å²) in [6.07, 6.45) is -3.91. The van der Waals surface area contributed by atoms with Gasteiger partial charge in [0.05, 0.1) is 42.3 Å². The second-order valence-electron chi connectivity index (χ2n) is 22.5. The zero-order valence-corrected chi connectivity index (χ0v) is 54.4. The Morgan fingerprint density at radius 2 is 1.33 bits per heavy atom. The van der Waals surface area contributed by atoms with Gasteiger partial charge in [0.1, 0.15) is 99.9 Å². The van der Waals surface area contributed by atoms with Crippen molar-refractivity contribution in [3.8, 4) is 49.1 Å². The van der Waals surface area contributed by atoms with Crippen molar-refractivity contribution in [2.45, 2.75) is 101 Å². The third kappa shape index (κ3) is 14.5. The number of thiazole rings is 6. The zero-order chi connectivity index (χ0) is 66.2. The van der Waals surface area contributed by atoms with Crippen LogP contribution in [0.4, 0.5) is 0 Å². The molecule has 2 aliphatic rings. The molecular formula is C61H57N13O13S6. The van der Waals surface area contributed by atoms with Crippen molar-refractivity contribution >= 4 is 115 Å². The number of amides is 6. The van der Waals surface area contributed by atoms with Crippen LogP contribution in [0.25, 0.3) is 43.4 Å². The number of nitrogens with one attached hydrogen (secondary N) is 4. The van der Waals surface area contributed by atoms with Crippen LogP contribution in [-0.2, 0) is 25.6 Å². The highest BCUT2D eigenvalue weighted by Gasteiger charge is 2.46. The molecular weight excluding hydrogens is 1320 g/mol. The van der Waals surface area contributed by atoms with Crippen molar-refractivity contribution in [2.24, 2.45) is 11.7 Å². The standard InChI is InChI=1S/C61H57N13O13S6/c1-26-41(77)20-74-47(26)59-70-39(25-92-59)56-66-35(21-89-56)45-31(14-15-32(63-45)55-68-38(23-90-55)52(84)73-49(61(3,4)87)40(76)16-17-43(79)80)54-67-36(22-88-54)50(82)64-33(19-42(62)78)57-72-44(27(2)93-57)53(85)71-46(48(81)29-8-6-5-7-9-29)58-69-37(24-91-58)51(83)65-34(60(74)86)18-28-10-12-30(75)13-11-28/h5-15,21-26,33-34,41,46-49,75,77,81,87H,16-20H2,1-4H3,(H2,62,78)(H,64,82)(H,65,83)(H,71,85)(H,73,84)(H,79,80)/t26-,33-,34-,41-,46-,47+,48+,49+/m0/s1. The van der Waals surface area contributed by atoms with Gasteiger partial charge in [-0.1, -0.05) is 49.4 Å². The molecule has 11 N–H and O–H groups in total. The van der Waals surface area contributed by atoms with Gasteiger partial charge in [0.2, 0.25) is 11.8 Å². The Kier molecular flexibility index (Phi) is 19.2. The third-order valence-electron chi connectivity index (χ3n) is 15.3.